The zero-order chi connectivity index (χ0) is 19.6. The van der Waals surface area contributed by atoms with Crippen molar-refractivity contribution in [2.24, 2.45) is 5.92 Å². The Bertz CT molecular complexity index is 1030. The Morgan fingerprint density at radius 1 is 1.00 bits per heavy atom. The molecule has 0 spiro atoms. The van der Waals surface area contributed by atoms with Crippen LogP contribution in [0.5, 0.6) is 0 Å². The number of fused-ring (bicyclic) bond motifs is 2. The van der Waals surface area contributed by atoms with Crippen LogP contribution in [0.2, 0.25) is 0 Å². The summed E-state index contributed by atoms with van der Waals surface area (Å²) >= 11 is 0. The van der Waals surface area contributed by atoms with Gasteiger partial charge in [0, 0.05) is 36.3 Å². The first-order valence-corrected chi connectivity index (χ1v) is 11.0. The number of aromatic nitrogens is 1. The molecule has 0 bridgehead atoms. The molecule has 2 atom stereocenters. The molecule has 3 aromatic rings. The van der Waals surface area contributed by atoms with E-state index in [0.717, 1.165) is 29.9 Å². The molecule has 2 heterocycles. The molecule has 29 heavy (non-hydrogen) atoms. The molecule has 0 saturated heterocycles. The summed E-state index contributed by atoms with van der Waals surface area (Å²) in [7, 11) is 0. The first-order chi connectivity index (χ1) is 14.3. The summed E-state index contributed by atoms with van der Waals surface area (Å²) < 4.78 is 15.8. The number of halogens is 1. The molecule has 5 rings (SSSR count). The highest BCUT2D eigenvalue weighted by atomic mass is 19.1. The van der Waals surface area contributed by atoms with Crippen molar-refractivity contribution in [3.8, 4) is 0 Å². The number of unbranched alkanes of at least 4 members (excludes halogenated alkanes) is 1. The van der Waals surface area contributed by atoms with Gasteiger partial charge in [-0.2, -0.15) is 0 Å². The summed E-state index contributed by atoms with van der Waals surface area (Å²) in [6.07, 6.45) is 12.0. The standard InChI is InChI=1S/C26H29FN2/c27-23-11-12-25-21(17-23)14-16-29(25)26-13-15-28-18-22(26)7-2-1-5-19-9-10-20-6-3-4-8-24(19)20/h3-4,6,8,11-14,16-17,19,22,28H,1-2,5,7,9-10,15,18H2. The molecule has 3 heteroatoms. The molecule has 1 aromatic heterocycles. The topological polar surface area (TPSA) is 17.0 Å². The molecule has 0 radical (unpaired) electrons. The Morgan fingerprint density at radius 2 is 1.86 bits per heavy atom. The van der Waals surface area contributed by atoms with E-state index >= 15 is 0 Å². The number of hydrogen-bond acceptors (Lipinski definition) is 1. The highest BCUT2D eigenvalue weighted by Gasteiger charge is 2.23. The third-order valence-electron chi connectivity index (χ3n) is 6.81. The first-order valence-electron chi connectivity index (χ1n) is 11.0. The van der Waals surface area contributed by atoms with Gasteiger partial charge in [-0.15, -0.1) is 0 Å². The Balaban J connectivity index is 1.23. The smallest absolute Gasteiger partial charge is 0.123 e. The average molecular weight is 389 g/mol. The van der Waals surface area contributed by atoms with E-state index in [1.165, 1.54) is 44.2 Å². The Kier molecular flexibility index (Phi) is 5.24. The number of aryl methyl sites for hydroxylation is 1. The van der Waals surface area contributed by atoms with Crippen molar-refractivity contribution in [3.63, 3.8) is 0 Å². The molecule has 2 nitrogen and oxygen atoms in total. The molecule has 1 aliphatic heterocycles. The number of nitrogens with one attached hydrogen (secondary N) is 1. The third kappa shape index (κ3) is 3.76. The lowest BCUT2D eigenvalue weighted by atomic mass is 9.91. The normalized spacial score (nSPS) is 21.3. The predicted molar refractivity (Wildman–Crippen MR) is 119 cm³/mol. The molecule has 2 aromatic carbocycles. The van der Waals surface area contributed by atoms with Gasteiger partial charge >= 0.3 is 0 Å². The van der Waals surface area contributed by atoms with Gasteiger partial charge in [-0.3, -0.25) is 0 Å². The van der Waals surface area contributed by atoms with Crippen LogP contribution in [0, 0.1) is 11.7 Å². The monoisotopic (exact) mass is 388 g/mol. The van der Waals surface area contributed by atoms with Gasteiger partial charge in [0.15, 0.2) is 0 Å². The Morgan fingerprint density at radius 3 is 2.79 bits per heavy atom. The second-order valence-corrected chi connectivity index (χ2v) is 8.59. The minimum Gasteiger partial charge on any atom is -0.320 e. The maximum atomic E-state index is 13.6. The summed E-state index contributed by atoms with van der Waals surface area (Å²) in [6, 6.07) is 16.1. The van der Waals surface area contributed by atoms with E-state index in [1.54, 1.807) is 23.3 Å². The van der Waals surface area contributed by atoms with Crippen molar-refractivity contribution in [3.05, 3.63) is 77.7 Å². The number of rotatable bonds is 6. The Labute approximate surface area is 172 Å². The van der Waals surface area contributed by atoms with Crippen LogP contribution in [-0.2, 0) is 6.42 Å². The fourth-order valence-electron chi connectivity index (χ4n) is 5.32. The lowest BCUT2D eigenvalue weighted by Crippen LogP contribution is -2.30. The second-order valence-electron chi connectivity index (χ2n) is 8.59. The molecular weight excluding hydrogens is 359 g/mol. The van der Waals surface area contributed by atoms with Gasteiger partial charge in [-0.05, 0) is 67.0 Å². The van der Waals surface area contributed by atoms with Gasteiger partial charge in [0.1, 0.15) is 5.82 Å². The van der Waals surface area contributed by atoms with Gasteiger partial charge in [0.25, 0.3) is 0 Å². The van der Waals surface area contributed by atoms with Gasteiger partial charge in [0.05, 0.1) is 5.52 Å². The van der Waals surface area contributed by atoms with E-state index < -0.39 is 0 Å². The van der Waals surface area contributed by atoms with Crippen molar-refractivity contribution in [1.82, 2.24) is 9.88 Å². The highest BCUT2D eigenvalue weighted by Crippen LogP contribution is 2.37. The van der Waals surface area contributed by atoms with Crippen molar-refractivity contribution in [2.75, 3.05) is 13.1 Å². The lowest BCUT2D eigenvalue weighted by molar-refractivity contribution is 0.474. The highest BCUT2D eigenvalue weighted by molar-refractivity contribution is 5.83. The summed E-state index contributed by atoms with van der Waals surface area (Å²) in [5.74, 6) is 1.11. The van der Waals surface area contributed by atoms with Crippen molar-refractivity contribution in [2.45, 2.75) is 44.4 Å². The molecule has 0 fully saturated rings. The molecule has 1 aliphatic carbocycles. The summed E-state index contributed by atoms with van der Waals surface area (Å²) in [6.45, 7) is 1.94. The second kappa shape index (κ2) is 8.16. The fraction of sp³-hybridized carbons (Fsp3) is 0.385. The Hall–Kier alpha value is -2.39. The SMILES string of the molecule is Fc1ccc2c(ccn2C2=CCNCC2CCCCC2CCc3ccccc32)c1. The summed E-state index contributed by atoms with van der Waals surface area (Å²) in [4.78, 5) is 0. The predicted octanol–water partition coefficient (Wildman–Crippen LogP) is 6.13. The van der Waals surface area contributed by atoms with Crippen LogP contribution < -0.4 is 5.32 Å². The molecule has 150 valence electrons. The zero-order valence-corrected chi connectivity index (χ0v) is 16.9. The van der Waals surface area contributed by atoms with Crippen molar-refractivity contribution in [1.29, 1.82) is 0 Å². The van der Waals surface area contributed by atoms with E-state index in [0.29, 0.717) is 5.92 Å². The number of nitrogens with zero attached hydrogens (tertiary/aromatic N) is 1. The van der Waals surface area contributed by atoms with Crippen LogP contribution in [0.4, 0.5) is 4.39 Å². The van der Waals surface area contributed by atoms with E-state index in [-0.39, 0.29) is 5.82 Å². The van der Waals surface area contributed by atoms with E-state index in [4.69, 9.17) is 0 Å². The largest absolute Gasteiger partial charge is 0.320 e. The minimum absolute atomic E-state index is 0.167. The summed E-state index contributed by atoms with van der Waals surface area (Å²) in [5, 5.41) is 4.50. The van der Waals surface area contributed by atoms with Gasteiger partial charge in [-0.1, -0.05) is 43.2 Å². The van der Waals surface area contributed by atoms with Gasteiger partial charge in [-0.25, -0.2) is 4.39 Å². The summed E-state index contributed by atoms with van der Waals surface area (Å²) in [5.41, 5.74) is 5.64. The average Bonchev–Trinajstić information content (AvgIpc) is 3.35. The van der Waals surface area contributed by atoms with Crippen LogP contribution >= 0.6 is 0 Å². The molecule has 2 unspecified atom stereocenters. The molecule has 0 amide bonds. The van der Waals surface area contributed by atoms with E-state index in [9.17, 15) is 4.39 Å². The van der Waals surface area contributed by atoms with Crippen molar-refractivity contribution < 1.29 is 4.39 Å². The van der Waals surface area contributed by atoms with Gasteiger partial charge in [0.2, 0.25) is 0 Å². The van der Waals surface area contributed by atoms with E-state index in [1.807, 2.05) is 12.1 Å². The number of benzene rings is 2. The van der Waals surface area contributed by atoms with Gasteiger partial charge < -0.3 is 9.88 Å². The maximum absolute atomic E-state index is 13.6. The van der Waals surface area contributed by atoms with Crippen LogP contribution in [0.25, 0.3) is 16.6 Å². The zero-order valence-electron chi connectivity index (χ0n) is 16.9. The van der Waals surface area contributed by atoms with Crippen LogP contribution in [-0.4, -0.2) is 17.7 Å². The quantitative estimate of drug-likeness (QED) is 0.503. The minimum atomic E-state index is -0.167. The molecular formula is C26H29FN2. The molecule has 0 saturated carbocycles. The van der Waals surface area contributed by atoms with Crippen LogP contribution in [0.3, 0.4) is 0 Å². The molecule has 2 aliphatic rings. The first kappa shape index (κ1) is 18.6. The fourth-order valence-corrected chi connectivity index (χ4v) is 5.32. The van der Waals surface area contributed by atoms with Crippen molar-refractivity contribution >= 4 is 16.6 Å². The third-order valence-corrected chi connectivity index (χ3v) is 6.81. The van der Waals surface area contributed by atoms with E-state index in [2.05, 4.69) is 46.4 Å². The van der Waals surface area contributed by atoms with Crippen LogP contribution in [0.1, 0.15) is 49.1 Å². The maximum Gasteiger partial charge on any atom is 0.123 e. The molecule has 1 N–H and O–H groups in total. The lowest BCUT2D eigenvalue weighted by Gasteiger charge is -2.27. The number of hydrogen-bond donors (Lipinski definition) is 1. The van der Waals surface area contributed by atoms with Crippen LogP contribution in [0.15, 0.2) is 60.8 Å².